The molecule has 0 radical (unpaired) electrons. The SMILES string of the molecule is CCCCOc1ccc(OCC(=O)N/N=C\c2cc(Br)ccc2OC(=O)c2ccc(OCCC)cc2)cc1. The minimum Gasteiger partial charge on any atom is -0.494 e. The molecule has 0 heterocycles. The smallest absolute Gasteiger partial charge is 0.343 e. The van der Waals surface area contributed by atoms with Crippen LogP contribution in [0.2, 0.25) is 0 Å². The summed E-state index contributed by atoms with van der Waals surface area (Å²) in [7, 11) is 0. The van der Waals surface area contributed by atoms with Crippen LogP contribution in [0.3, 0.4) is 0 Å². The van der Waals surface area contributed by atoms with Crippen LogP contribution in [-0.2, 0) is 4.79 Å². The average Bonchev–Trinajstić information content (AvgIpc) is 2.93. The second-order valence-electron chi connectivity index (χ2n) is 8.20. The molecule has 0 atom stereocenters. The highest BCUT2D eigenvalue weighted by Gasteiger charge is 2.12. The Morgan fingerprint density at radius 3 is 2.13 bits per heavy atom. The molecular formula is C29H31BrN2O6. The lowest BCUT2D eigenvalue weighted by atomic mass is 10.2. The van der Waals surface area contributed by atoms with Gasteiger partial charge in [-0.3, -0.25) is 4.79 Å². The molecule has 0 spiro atoms. The molecule has 0 aromatic heterocycles. The molecule has 3 rings (SSSR count). The zero-order chi connectivity index (χ0) is 27.2. The normalized spacial score (nSPS) is 10.7. The van der Waals surface area contributed by atoms with Crippen LogP contribution < -0.4 is 24.4 Å². The van der Waals surface area contributed by atoms with Crippen molar-refractivity contribution < 1.29 is 28.5 Å². The van der Waals surface area contributed by atoms with E-state index in [0.717, 1.165) is 29.5 Å². The summed E-state index contributed by atoms with van der Waals surface area (Å²) < 4.78 is 23.0. The van der Waals surface area contributed by atoms with Gasteiger partial charge >= 0.3 is 5.97 Å². The van der Waals surface area contributed by atoms with Crippen molar-refractivity contribution in [3.05, 3.63) is 82.3 Å². The number of halogens is 1. The molecule has 0 saturated carbocycles. The largest absolute Gasteiger partial charge is 0.494 e. The number of esters is 1. The lowest BCUT2D eigenvalue weighted by Crippen LogP contribution is -2.24. The molecule has 200 valence electrons. The Morgan fingerprint density at radius 2 is 1.47 bits per heavy atom. The third-order valence-corrected chi connectivity index (χ3v) is 5.58. The van der Waals surface area contributed by atoms with Gasteiger partial charge in [0.2, 0.25) is 0 Å². The molecule has 8 nitrogen and oxygen atoms in total. The van der Waals surface area contributed by atoms with Gasteiger partial charge in [0.25, 0.3) is 5.91 Å². The zero-order valence-corrected chi connectivity index (χ0v) is 23.0. The van der Waals surface area contributed by atoms with Crippen LogP contribution in [-0.4, -0.2) is 37.9 Å². The quantitative estimate of drug-likeness (QED) is 0.0803. The van der Waals surface area contributed by atoms with Crippen LogP contribution in [0.15, 0.2) is 76.3 Å². The summed E-state index contributed by atoms with van der Waals surface area (Å²) in [5.74, 6) is 1.31. The first kappa shape index (κ1) is 28.7. The number of nitrogens with one attached hydrogen (secondary N) is 1. The molecule has 9 heteroatoms. The molecular weight excluding hydrogens is 552 g/mol. The molecule has 0 fully saturated rings. The van der Waals surface area contributed by atoms with E-state index in [1.807, 2.05) is 6.92 Å². The highest BCUT2D eigenvalue weighted by atomic mass is 79.9. The summed E-state index contributed by atoms with van der Waals surface area (Å²) in [6.45, 7) is 5.18. The zero-order valence-electron chi connectivity index (χ0n) is 21.4. The fourth-order valence-corrected chi connectivity index (χ4v) is 3.48. The fourth-order valence-electron chi connectivity index (χ4n) is 3.10. The van der Waals surface area contributed by atoms with Crippen LogP contribution in [0.1, 0.15) is 49.0 Å². The van der Waals surface area contributed by atoms with Crippen LogP contribution in [0, 0.1) is 0 Å². The molecule has 1 amide bonds. The highest BCUT2D eigenvalue weighted by Crippen LogP contribution is 2.23. The van der Waals surface area contributed by atoms with E-state index in [9.17, 15) is 9.59 Å². The summed E-state index contributed by atoms with van der Waals surface area (Å²) in [5.41, 5.74) is 3.29. The minimum atomic E-state index is -0.525. The predicted molar refractivity (Wildman–Crippen MR) is 149 cm³/mol. The average molecular weight is 583 g/mol. The van der Waals surface area contributed by atoms with Gasteiger partial charge in [-0.05, 0) is 79.6 Å². The molecule has 0 unspecified atom stereocenters. The number of ether oxygens (including phenoxy) is 4. The number of nitrogens with zero attached hydrogens (tertiary/aromatic N) is 1. The van der Waals surface area contributed by atoms with Gasteiger partial charge in [0.15, 0.2) is 6.61 Å². The maximum Gasteiger partial charge on any atom is 0.343 e. The summed E-state index contributed by atoms with van der Waals surface area (Å²) in [5, 5.41) is 3.98. The van der Waals surface area contributed by atoms with E-state index in [4.69, 9.17) is 18.9 Å². The van der Waals surface area contributed by atoms with Gasteiger partial charge in [-0.15, -0.1) is 0 Å². The first-order chi connectivity index (χ1) is 18.5. The number of hydrogen-bond donors (Lipinski definition) is 1. The van der Waals surface area contributed by atoms with Gasteiger partial charge in [0.05, 0.1) is 25.0 Å². The molecule has 0 bridgehead atoms. The lowest BCUT2D eigenvalue weighted by molar-refractivity contribution is -0.123. The van der Waals surface area contributed by atoms with Gasteiger partial charge in [-0.1, -0.05) is 36.2 Å². The standard InChI is InChI=1S/C29H31BrN2O6/c1-3-5-17-36-25-11-13-26(14-12-25)37-20-28(33)32-31-19-22-18-23(30)8-15-27(22)38-29(34)21-6-9-24(10-7-21)35-16-4-2/h6-15,18-19H,3-5,16-17,20H2,1-2H3,(H,32,33)/b31-19-. The number of rotatable bonds is 14. The number of benzene rings is 3. The van der Waals surface area contributed by atoms with Crippen molar-refractivity contribution in [1.82, 2.24) is 5.43 Å². The second kappa shape index (κ2) is 15.4. The molecule has 3 aromatic carbocycles. The van der Waals surface area contributed by atoms with E-state index in [1.54, 1.807) is 66.7 Å². The first-order valence-electron chi connectivity index (χ1n) is 12.4. The van der Waals surface area contributed by atoms with E-state index in [1.165, 1.54) is 6.21 Å². The second-order valence-corrected chi connectivity index (χ2v) is 9.12. The summed E-state index contributed by atoms with van der Waals surface area (Å²) in [6.07, 6.45) is 4.35. The molecule has 38 heavy (non-hydrogen) atoms. The van der Waals surface area contributed by atoms with Gasteiger partial charge < -0.3 is 18.9 Å². The van der Waals surface area contributed by atoms with Crippen molar-refractivity contribution in [2.75, 3.05) is 19.8 Å². The Hall–Kier alpha value is -3.85. The van der Waals surface area contributed by atoms with Crippen LogP contribution in [0.4, 0.5) is 0 Å². The molecule has 3 aromatic rings. The molecule has 0 aliphatic carbocycles. The van der Waals surface area contributed by atoms with E-state index in [2.05, 4.69) is 33.4 Å². The molecule has 0 aliphatic rings. The maximum atomic E-state index is 12.7. The minimum absolute atomic E-state index is 0.217. The Kier molecular flexibility index (Phi) is 11.6. The van der Waals surface area contributed by atoms with Gasteiger partial charge in [-0.25, -0.2) is 10.2 Å². The summed E-state index contributed by atoms with van der Waals surface area (Å²) in [4.78, 5) is 24.8. The predicted octanol–water partition coefficient (Wildman–Crippen LogP) is 6.17. The van der Waals surface area contributed by atoms with E-state index >= 15 is 0 Å². The number of unbranched alkanes of at least 4 members (excludes halogenated alkanes) is 1. The lowest BCUT2D eigenvalue weighted by Gasteiger charge is -2.09. The maximum absolute atomic E-state index is 12.7. The number of amides is 1. The summed E-state index contributed by atoms with van der Waals surface area (Å²) >= 11 is 3.40. The van der Waals surface area contributed by atoms with E-state index < -0.39 is 11.9 Å². The van der Waals surface area contributed by atoms with E-state index in [0.29, 0.717) is 41.6 Å². The third-order valence-electron chi connectivity index (χ3n) is 5.09. The Labute approximate surface area is 231 Å². The summed E-state index contributed by atoms with van der Waals surface area (Å²) in [6, 6.07) is 18.9. The van der Waals surface area contributed by atoms with Crippen molar-refractivity contribution >= 4 is 34.0 Å². The number of carbonyl (C=O) groups is 2. The monoisotopic (exact) mass is 582 g/mol. The van der Waals surface area contributed by atoms with Crippen molar-refractivity contribution in [2.45, 2.75) is 33.1 Å². The van der Waals surface area contributed by atoms with Gasteiger partial charge in [0, 0.05) is 10.0 Å². The van der Waals surface area contributed by atoms with Crippen molar-refractivity contribution in [3.8, 4) is 23.0 Å². The molecule has 0 saturated heterocycles. The molecule has 0 aliphatic heterocycles. The Bertz CT molecular complexity index is 1210. The van der Waals surface area contributed by atoms with Crippen LogP contribution in [0.25, 0.3) is 0 Å². The van der Waals surface area contributed by atoms with Crippen molar-refractivity contribution in [1.29, 1.82) is 0 Å². The molecule has 1 N–H and O–H groups in total. The Morgan fingerprint density at radius 1 is 0.842 bits per heavy atom. The first-order valence-corrected chi connectivity index (χ1v) is 13.2. The third kappa shape index (κ3) is 9.55. The Balaban J connectivity index is 1.52. The number of hydrazone groups is 1. The van der Waals surface area contributed by atoms with Crippen molar-refractivity contribution in [2.24, 2.45) is 5.10 Å². The fraction of sp³-hybridized carbons (Fsp3) is 0.276. The van der Waals surface area contributed by atoms with Gasteiger partial charge in [0.1, 0.15) is 23.0 Å². The highest BCUT2D eigenvalue weighted by molar-refractivity contribution is 9.10. The number of carbonyl (C=O) groups excluding carboxylic acids is 2. The van der Waals surface area contributed by atoms with Gasteiger partial charge in [-0.2, -0.15) is 5.10 Å². The van der Waals surface area contributed by atoms with Crippen molar-refractivity contribution in [3.63, 3.8) is 0 Å². The topological polar surface area (TPSA) is 95.5 Å². The van der Waals surface area contributed by atoms with E-state index in [-0.39, 0.29) is 6.61 Å². The van der Waals surface area contributed by atoms with Crippen LogP contribution in [0.5, 0.6) is 23.0 Å². The van der Waals surface area contributed by atoms with Crippen LogP contribution >= 0.6 is 15.9 Å². The number of hydrogen-bond acceptors (Lipinski definition) is 7.